The van der Waals surface area contributed by atoms with Gasteiger partial charge >= 0.3 is 0 Å². The smallest absolute Gasteiger partial charge is 0.257 e. The van der Waals surface area contributed by atoms with Crippen LogP contribution in [0, 0.1) is 5.92 Å². The molecule has 4 heterocycles. The van der Waals surface area contributed by atoms with Gasteiger partial charge in [-0.1, -0.05) is 0 Å². The van der Waals surface area contributed by atoms with Gasteiger partial charge in [0.2, 0.25) is 5.91 Å². The van der Waals surface area contributed by atoms with Crippen LogP contribution >= 0.6 is 11.3 Å². The van der Waals surface area contributed by atoms with Crippen molar-refractivity contribution in [1.29, 1.82) is 0 Å². The van der Waals surface area contributed by atoms with Crippen LogP contribution in [-0.2, 0) is 17.8 Å². The summed E-state index contributed by atoms with van der Waals surface area (Å²) in [6.07, 6.45) is 6.14. The third kappa shape index (κ3) is 3.21. The fourth-order valence-electron chi connectivity index (χ4n) is 4.06. The average Bonchev–Trinajstić information content (AvgIpc) is 3.49. The van der Waals surface area contributed by atoms with Gasteiger partial charge in [0.15, 0.2) is 0 Å². The number of likely N-dealkylation sites (N-methyl/N-ethyl adjacent to an activating group) is 1. The van der Waals surface area contributed by atoms with Crippen LogP contribution in [0.4, 0.5) is 5.00 Å². The molecule has 1 fully saturated rings. The Labute approximate surface area is 172 Å². The minimum absolute atomic E-state index is 0.0187. The van der Waals surface area contributed by atoms with Crippen molar-refractivity contribution < 1.29 is 14.4 Å². The summed E-state index contributed by atoms with van der Waals surface area (Å²) in [5.41, 5.74) is 2.30. The van der Waals surface area contributed by atoms with E-state index in [-0.39, 0.29) is 24.3 Å². The highest BCUT2D eigenvalue weighted by atomic mass is 32.1. The molecule has 29 heavy (non-hydrogen) atoms. The van der Waals surface area contributed by atoms with E-state index in [1.54, 1.807) is 31.6 Å². The van der Waals surface area contributed by atoms with Crippen molar-refractivity contribution in [1.82, 2.24) is 14.8 Å². The Bertz CT molecular complexity index is 999. The summed E-state index contributed by atoms with van der Waals surface area (Å²) in [6.45, 7) is 1.84. The van der Waals surface area contributed by atoms with Crippen LogP contribution in [0.25, 0.3) is 0 Å². The fourth-order valence-corrected chi connectivity index (χ4v) is 5.44. The van der Waals surface area contributed by atoms with Crippen LogP contribution in [0.3, 0.4) is 0 Å². The third-order valence-corrected chi connectivity index (χ3v) is 7.11. The topological polar surface area (TPSA) is 73.8 Å². The maximum atomic E-state index is 13.1. The van der Waals surface area contributed by atoms with Crippen LogP contribution < -0.4 is 4.90 Å². The van der Waals surface area contributed by atoms with Crippen LogP contribution in [0.2, 0.25) is 0 Å². The van der Waals surface area contributed by atoms with E-state index in [9.17, 15) is 14.4 Å². The van der Waals surface area contributed by atoms with E-state index in [1.807, 2.05) is 9.80 Å². The van der Waals surface area contributed by atoms with E-state index in [2.05, 4.69) is 4.98 Å². The maximum Gasteiger partial charge on any atom is 0.257 e. The number of rotatable bonds is 3. The number of aromatic nitrogens is 1. The Hall–Kier alpha value is -2.74. The van der Waals surface area contributed by atoms with Crippen LogP contribution in [0.1, 0.15) is 44.0 Å². The summed E-state index contributed by atoms with van der Waals surface area (Å²) in [5.74, 6) is 0.401. The largest absolute Gasteiger partial charge is 0.333 e. The highest BCUT2D eigenvalue weighted by molar-refractivity contribution is 7.17. The van der Waals surface area contributed by atoms with Gasteiger partial charge in [-0.05, 0) is 42.9 Å². The number of pyridine rings is 1. The molecule has 2 aromatic heterocycles. The van der Waals surface area contributed by atoms with E-state index in [0.29, 0.717) is 43.1 Å². The molecule has 2 aliphatic heterocycles. The summed E-state index contributed by atoms with van der Waals surface area (Å²) in [4.78, 5) is 48.9. The first-order chi connectivity index (χ1) is 14.0. The second kappa shape index (κ2) is 6.95. The Morgan fingerprint density at radius 2 is 1.97 bits per heavy atom. The fraction of sp³-hybridized carbons (Fsp3) is 0.429. The second-order valence-electron chi connectivity index (χ2n) is 8.01. The molecule has 5 rings (SSSR count). The average molecular weight is 410 g/mol. The zero-order chi connectivity index (χ0) is 20.1. The predicted octanol–water partition coefficient (Wildman–Crippen LogP) is 2.17. The highest BCUT2D eigenvalue weighted by Gasteiger charge is 2.39. The Kier molecular flexibility index (Phi) is 4.38. The Balaban J connectivity index is 1.50. The number of carbonyl (C=O) groups excluding carboxylic acids is 3. The Morgan fingerprint density at radius 1 is 1.21 bits per heavy atom. The van der Waals surface area contributed by atoms with E-state index < -0.39 is 0 Å². The first-order valence-electron chi connectivity index (χ1n) is 9.92. The summed E-state index contributed by atoms with van der Waals surface area (Å²) in [7, 11) is 1.69. The molecule has 3 aliphatic rings. The molecule has 1 aliphatic carbocycles. The van der Waals surface area contributed by atoms with Crippen molar-refractivity contribution in [3.63, 3.8) is 0 Å². The van der Waals surface area contributed by atoms with E-state index in [0.717, 1.165) is 28.3 Å². The highest BCUT2D eigenvalue weighted by Crippen LogP contribution is 2.43. The van der Waals surface area contributed by atoms with Crippen molar-refractivity contribution in [2.45, 2.75) is 25.8 Å². The number of hydrogen-bond donors (Lipinski definition) is 0. The van der Waals surface area contributed by atoms with Gasteiger partial charge in [0.25, 0.3) is 11.8 Å². The summed E-state index contributed by atoms with van der Waals surface area (Å²) in [5, 5.41) is 0.777. The molecule has 0 N–H and O–H groups in total. The molecular formula is C21H22N4O3S. The Morgan fingerprint density at radius 3 is 2.69 bits per heavy atom. The van der Waals surface area contributed by atoms with Gasteiger partial charge in [0, 0.05) is 43.0 Å². The second-order valence-corrected chi connectivity index (χ2v) is 9.09. The lowest BCUT2D eigenvalue weighted by atomic mass is 10.0. The van der Waals surface area contributed by atoms with E-state index in [1.165, 1.54) is 16.2 Å². The number of fused-ring (bicyclic) bond motifs is 3. The molecule has 8 heteroatoms. The lowest BCUT2D eigenvalue weighted by Gasteiger charge is -2.27. The quantitative estimate of drug-likeness (QED) is 0.777. The van der Waals surface area contributed by atoms with Gasteiger partial charge in [-0.25, -0.2) is 0 Å². The molecule has 0 aromatic carbocycles. The minimum Gasteiger partial charge on any atom is -0.333 e. The zero-order valence-corrected chi connectivity index (χ0v) is 17.1. The summed E-state index contributed by atoms with van der Waals surface area (Å²) in [6, 6.07) is 3.44. The van der Waals surface area contributed by atoms with Gasteiger partial charge in [0.05, 0.1) is 12.1 Å². The van der Waals surface area contributed by atoms with Crippen LogP contribution in [-0.4, -0.2) is 59.2 Å². The number of amides is 3. The molecule has 1 saturated carbocycles. The van der Waals surface area contributed by atoms with Crippen molar-refractivity contribution in [2.75, 3.05) is 31.6 Å². The monoisotopic (exact) mass is 410 g/mol. The zero-order valence-electron chi connectivity index (χ0n) is 16.3. The van der Waals surface area contributed by atoms with Gasteiger partial charge in [-0.15, -0.1) is 11.3 Å². The number of anilines is 1. The van der Waals surface area contributed by atoms with Crippen molar-refractivity contribution in [2.24, 2.45) is 5.92 Å². The van der Waals surface area contributed by atoms with Crippen LogP contribution in [0.5, 0.6) is 0 Å². The predicted molar refractivity (Wildman–Crippen MR) is 109 cm³/mol. The maximum absolute atomic E-state index is 13.1. The number of hydrogen-bond acceptors (Lipinski definition) is 5. The first-order valence-corrected chi connectivity index (χ1v) is 10.7. The van der Waals surface area contributed by atoms with Gasteiger partial charge in [0.1, 0.15) is 11.5 Å². The first kappa shape index (κ1) is 18.3. The van der Waals surface area contributed by atoms with Crippen LogP contribution in [0.15, 0.2) is 24.5 Å². The van der Waals surface area contributed by atoms with Crippen molar-refractivity contribution in [3.8, 4) is 0 Å². The third-order valence-electron chi connectivity index (χ3n) is 5.87. The SMILES string of the molecule is CN1CC(=O)N(CC2CC2)c2sc3c(c2C1=O)CCN(C(=O)c1ccncc1)C3. The normalized spacial score (nSPS) is 19.1. The molecule has 3 amide bonds. The van der Waals surface area contributed by atoms with Gasteiger partial charge < -0.3 is 14.7 Å². The summed E-state index contributed by atoms with van der Waals surface area (Å²) < 4.78 is 0. The lowest BCUT2D eigenvalue weighted by Crippen LogP contribution is -2.38. The molecule has 150 valence electrons. The standard InChI is InChI=1S/C21H22N4O3S/c1-23-12-17(26)25(10-13-2-3-13)21-18(20(23)28)15-6-9-24(11-16(15)29-21)19(27)14-4-7-22-8-5-14/h4-5,7-8,13H,2-3,6,9-12H2,1H3. The van der Waals surface area contributed by atoms with Gasteiger partial charge in [-0.2, -0.15) is 0 Å². The van der Waals surface area contributed by atoms with Crippen molar-refractivity contribution >= 4 is 34.1 Å². The van der Waals surface area contributed by atoms with E-state index in [4.69, 9.17) is 0 Å². The molecule has 7 nitrogen and oxygen atoms in total. The van der Waals surface area contributed by atoms with Gasteiger partial charge in [-0.3, -0.25) is 19.4 Å². The number of nitrogens with zero attached hydrogens (tertiary/aromatic N) is 4. The molecule has 0 saturated heterocycles. The molecule has 0 atom stereocenters. The molecule has 2 aromatic rings. The molecule has 0 unspecified atom stereocenters. The van der Waals surface area contributed by atoms with E-state index >= 15 is 0 Å². The molecular weight excluding hydrogens is 388 g/mol. The summed E-state index contributed by atoms with van der Waals surface area (Å²) >= 11 is 1.51. The molecule has 0 bridgehead atoms. The number of carbonyl (C=O) groups is 3. The molecule has 0 spiro atoms. The number of thiophene rings is 1. The lowest BCUT2D eigenvalue weighted by molar-refractivity contribution is -0.119. The minimum atomic E-state index is -0.0851. The van der Waals surface area contributed by atoms with Crippen molar-refractivity contribution in [3.05, 3.63) is 46.1 Å². The molecule has 0 radical (unpaired) electrons.